The van der Waals surface area contributed by atoms with Crippen LogP contribution in [0.2, 0.25) is 0 Å². The lowest BCUT2D eigenvalue weighted by Crippen LogP contribution is -2.34. The zero-order chi connectivity index (χ0) is 8.73. The van der Waals surface area contributed by atoms with Crippen molar-refractivity contribution in [3.63, 3.8) is 0 Å². The molecule has 2 aliphatic rings. The number of para-hydroxylation sites is 1. The molecule has 1 heterocycles. The van der Waals surface area contributed by atoms with Gasteiger partial charge in [0.1, 0.15) is 5.75 Å². The van der Waals surface area contributed by atoms with Crippen LogP contribution in [0.5, 0.6) is 5.75 Å². The standard InChI is InChI=1S/C12H12O/c1-2-5-11-10(4-1)12(6-3-7-12)8-9-13-11/h1-2,4-5,8-9H,3,6-7H2. The summed E-state index contributed by atoms with van der Waals surface area (Å²) in [5.41, 5.74) is 1.71. The number of hydrogen-bond acceptors (Lipinski definition) is 1. The molecule has 0 amide bonds. The Balaban J connectivity index is 2.16. The van der Waals surface area contributed by atoms with E-state index in [2.05, 4.69) is 24.3 Å². The van der Waals surface area contributed by atoms with Crippen LogP contribution in [-0.4, -0.2) is 0 Å². The van der Waals surface area contributed by atoms with Gasteiger partial charge in [-0.05, 0) is 25.0 Å². The van der Waals surface area contributed by atoms with Crippen molar-refractivity contribution in [2.45, 2.75) is 24.7 Å². The van der Waals surface area contributed by atoms with Crippen molar-refractivity contribution in [3.05, 3.63) is 42.2 Å². The lowest BCUT2D eigenvalue weighted by molar-refractivity contribution is 0.282. The van der Waals surface area contributed by atoms with Crippen molar-refractivity contribution < 1.29 is 4.74 Å². The van der Waals surface area contributed by atoms with Gasteiger partial charge in [0.25, 0.3) is 0 Å². The summed E-state index contributed by atoms with van der Waals surface area (Å²) in [6.07, 6.45) is 7.98. The number of benzene rings is 1. The van der Waals surface area contributed by atoms with Crippen molar-refractivity contribution in [3.8, 4) is 5.75 Å². The molecule has 0 bridgehead atoms. The van der Waals surface area contributed by atoms with Crippen molar-refractivity contribution in [2.24, 2.45) is 0 Å². The molecule has 3 rings (SSSR count). The Kier molecular flexibility index (Phi) is 1.32. The molecule has 1 aliphatic carbocycles. The van der Waals surface area contributed by atoms with Crippen LogP contribution >= 0.6 is 0 Å². The molecule has 1 aromatic carbocycles. The minimum absolute atomic E-state index is 0.328. The first kappa shape index (κ1) is 7.19. The average molecular weight is 172 g/mol. The highest BCUT2D eigenvalue weighted by Crippen LogP contribution is 2.49. The Labute approximate surface area is 78.0 Å². The van der Waals surface area contributed by atoms with Crippen molar-refractivity contribution in [2.75, 3.05) is 0 Å². The fourth-order valence-electron chi connectivity index (χ4n) is 2.30. The molecular weight excluding hydrogens is 160 g/mol. The zero-order valence-corrected chi connectivity index (χ0v) is 7.49. The zero-order valence-electron chi connectivity index (χ0n) is 7.49. The summed E-state index contributed by atoms with van der Waals surface area (Å²) in [4.78, 5) is 0. The highest BCUT2D eigenvalue weighted by atomic mass is 16.5. The van der Waals surface area contributed by atoms with Crippen LogP contribution in [0, 0.1) is 0 Å². The van der Waals surface area contributed by atoms with E-state index in [0.717, 1.165) is 5.75 Å². The third kappa shape index (κ3) is 0.873. The number of ether oxygens (including phenoxy) is 1. The smallest absolute Gasteiger partial charge is 0.130 e. The Hall–Kier alpha value is -1.24. The van der Waals surface area contributed by atoms with E-state index in [-0.39, 0.29) is 0 Å². The van der Waals surface area contributed by atoms with Gasteiger partial charge in [-0.25, -0.2) is 0 Å². The fraction of sp³-hybridized carbons (Fsp3) is 0.333. The van der Waals surface area contributed by atoms with E-state index in [0.29, 0.717) is 5.41 Å². The van der Waals surface area contributed by atoms with E-state index in [9.17, 15) is 0 Å². The van der Waals surface area contributed by atoms with E-state index in [1.54, 1.807) is 0 Å². The van der Waals surface area contributed by atoms with Crippen LogP contribution in [0.15, 0.2) is 36.6 Å². The SMILES string of the molecule is C1=CC2(CCC2)c2ccccc2O1. The van der Waals surface area contributed by atoms with Gasteiger partial charge in [-0.3, -0.25) is 0 Å². The first-order chi connectivity index (χ1) is 6.41. The first-order valence-electron chi connectivity index (χ1n) is 4.85. The molecule has 13 heavy (non-hydrogen) atoms. The highest BCUT2D eigenvalue weighted by molar-refractivity contribution is 5.46. The van der Waals surface area contributed by atoms with Crippen molar-refractivity contribution >= 4 is 0 Å². The van der Waals surface area contributed by atoms with Gasteiger partial charge < -0.3 is 4.74 Å². The summed E-state index contributed by atoms with van der Waals surface area (Å²) < 4.78 is 5.47. The molecule has 1 aromatic rings. The van der Waals surface area contributed by atoms with E-state index in [1.165, 1.54) is 24.8 Å². The topological polar surface area (TPSA) is 9.23 Å². The Bertz CT molecular complexity index is 361. The summed E-state index contributed by atoms with van der Waals surface area (Å²) in [5.74, 6) is 1.05. The molecule has 1 spiro atoms. The van der Waals surface area contributed by atoms with Gasteiger partial charge >= 0.3 is 0 Å². The Morgan fingerprint density at radius 1 is 1.15 bits per heavy atom. The van der Waals surface area contributed by atoms with Crippen molar-refractivity contribution in [1.29, 1.82) is 0 Å². The molecule has 1 fully saturated rings. The maximum Gasteiger partial charge on any atom is 0.130 e. The summed E-state index contributed by atoms with van der Waals surface area (Å²) in [5, 5.41) is 0. The van der Waals surface area contributed by atoms with E-state index < -0.39 is 0 Å². The maximum absolute atomic E-state index is 5.47. The van der Waals surface area contributed by atoms with E-state index in [4.69, 9.17) is 4.74 Å². The average Bonchev–Trinajstić information content (AvgIpc) is 2.14. The molecule has 1 heteroatoms. The molecule has 0 radical (unpaired) electrons. The molecule has 66 valence electrons. The predicted molar refractivity (Wildman–Crippen MR) is 51.7 cm³/mol. The van der Waals surface area contributed by atoms with Crippen LogP contribution in [0.3, 0.4) is 0 Å². The third-order valence-corrected chi connectivity index (χ3v) is 3.25. The predicted octanol–water partition coefficient (Wildman–Crippen LogP) is 3.01. The van der Waals surface area contributed by atoms with Gasteiger partial charge in [-0.15, -0.1) is 0 Å². The molecule has 0 atom stereocenters. The van der Waals surface area contributed by atoms with Gasteiger partial charge in [0.05, 0.1) is 6.26 Å². The molecule has 1 nitrogen and oxygen atoms in total. The molecule has 0 N–H and O–H groups in total. The van der Waals surface area contributed by atoms with Crippen LogP contribution in [0.4, 0.5) is 0 Å². The van der Waals surface area contributed by atoms with Gasteiger partial charge in [-0.2, -0.15) is 0 Å². The monoisotopic (exact) mass is 172 g/mol. The molecule has 0 saturated heterocycles. The highest BCUT2D eigenvalue weighted by Gasteiger charge is 2.39. The van der Waals surface area contributed by atoms with Gasteiger partial charge in [0.2, 0.25) is 0 Å². The van der Waals surface area contributed by atoms with Crippen LogP contribution in [-0.2, 0) is 5.41 Å². The molecule has 1 saturated carbocycles. The lowest BCUT2D eigenvalue weighted by atomic mass is 9.64. The normalized spacial score (nSPS) is 21.8. The summed E-state index contributed by atoms with van der Waals surface area (Å²) >= 11 is 0. The van der Waals surface area contributed by atoms with Crippen LogP contribution in [0.1, 0.15) is 24.8 Å². The summed E-state index contributed by atoms with van der Waals surface area (Å²) in [6, 6.07) is 8.38. The quantitative estimate of drug-likeness (QED) is 0.584. The minimum atomic E-state index is 0.328. The molecule has 1 aliphatic heterocycles. The minimum Gasteiger partial charge on any atom is -0.465 e. The molecular formula is C12H12O. The third-order valence-electron chi connectivity index (χ3n) is 3.25. The molecule has 0 aromatic heterocycles. The van der Waals surface area contributed by atoms with E-state index in [1.807, 2.05) is 12.3 Å². The van der Waals surface area contributed by atoms with Gasteiger partial charge in [0, 0.05) is 11.0 Å². The lowest BCUT2D eigenvalue weighted by Gasteiger charge is -2.42. The Morgan fingerprint density at radius 3 is 2.77 bits per heavy atom. The second-order valence-corrected chi connectivity index (χ2v) is 3.93. The summed E-state index contributed by atoms with van der Waals surface area (Å²) in [7, 11) is 0. The maximum atomic E-state index is 5.47. The number of rotatable bonds is 0. The number of hydrogen-bond donors (Lipinski definition) is 0. The van der Waals surface area contributed by atoms with Gasteiger partial charge in [0.15, 0.2) is 0 Å². The summed E-state index contributed by atoms with van der Waals surface area (Å²) in [6.45, 7) is 0. The molecule has 0 unspecified atom stereocenters. The van der Waals surface area contributed by atoms with Crippen molar-refractivity contribution in [1.82, 2.24) is 0 Å². The van der Waals surface area contributed by atoms with Gasteiger partial charge in [-0.1, -0.05) is 24.6 Å². The second-order valence-electron chi connectivity index (χ2n) is 3.93. The Morgan fingerprint density at radius 2 is 2.00 bits per heavy atom. The van der Waals surface area contributed by atoms with E-state index >= 15 is 0 Å². The first-order valence-corrected chi connectivity index (χ1v) is 4.85. The largest absolute Gasteiger partial charge is 0.465 e. The fourth-order valence-corrected chi connectivity index (χ4v) is 2.30. The number of fused-ring (bicyclic) bond motifs is 2. The number of allylic oxidation sites excluding steroid dienone is 1. The second kappa shape index (κ2) is 2.38. The van der Waals surface area contributed by atoms with Crippen LogP contribution < -0.4 is 4.74 Å². The van der Waals surface area contributed by atoms with Crippen LogP contribution in [0.25, 0.3) is 0 Å².